The van der Waals surface area contributed by atoms with Crippen molar-refractivity contribution in [2.75, 3.05) is 42.0 Å². The van der Waals surface area contributed by atoms with Crippen molar-refractivity contribution < 1.29 is 9.53 Å². The number of nitrogens with zero attached hydrogens (tertiary/aromatic N) is 2. The van der Waals surface area contributed by atoms with E-state index in [9.17, 15) is 4.79 Å². The number of ether oxygens (including phenoxy) is 1. The zero-order valence-electron chi connectivity index (χ0n) is 10.2. The van der Waals surface area contributed by atoms with Crippen LogP contribution in [-0.4, -0.2) is 41.1 Å². The quantitative estimate of drug-likeness (QED) is 0.612. The number of aromatic nitrogens is 2. The van der Waals surface area contributed by atoms with Crippen LogP contribution in [0.3, 0.4) is 0 Å². The second-order valence-corrected chi connectivity index (χ2v) is 4.59. The highest BCUT2D eigenvalue weighted by molar-refractivity contribution is 7.99. The summed E-state index contributed by atoms with van der Waals surface area (Å²) in [6, 6.07) is 1.46. The number of methoxy groups -OCH3 is 1. The monoisotopic (exact) mass is 271 g/mol. The van der Waals surface area contributed by atoms with Gasteiger partial charge in [0.05, 0.1) is 5.75 Å². The zero-order valence-corrected chi connectivity index (χ0v) is 11.0. The van der Waals surface area contributed by atoms with E-state index in [2.05, 4.69) is 15.3 Å². The van der Waals surface area contributed by atoms with Crippen LogP contribution in [0, 0.1) is 0 Å². The molecule has 7 nitrogen and oxygen atoms in total. The van der Waals surface area contributed by atoms with Gasteiger partial charge in [-0.25, -0.2) is 0 Å². The number of hydrogen-bond acceptors (Lipinski definition) is 7. The predicted molar refractivity (Wildman–Crippen MR) is 73.3 cm³/mol. The summed E-state index contributed by atoms with van der Waals surface area (Å²) in [6.45, 7) is 0.702. The van der Waals surface area contributed by atoms with Crippen LogP contribution >= 0.6 is 11.8 Å². The number of carbonyl (C=O) groups excluding carboxylic acids is 1. The highest BCUT2D eigenvalue weighted by Gasteiger charge is 2.05. The molecule has 5 N–H and O–H groups in total. The minimum atomic E-state index is -0.144. The van der Waals surface area contributed by atoms with E-state index in [1.54, 1.807) is 7.11 Å². The summed E-state index contributed by atoms with van der Waals surface area (Å²) in [6.07, 6.45) is 0.919. The van der Waals surface area contributed by atoms with Crippen LogP contribution in [0.5, 0.6) is 0 Å². The normalized spacial score (nSPS) is 10.3. The van der Waals surface area contributed by atoms with Crippen LogP contribution in [-0.2, 0) is 9.53 Å². The van der Waals surface area contributed by atoms with Crippen LogP contribution in [0.2, 0.25) is 0 Å². The van der Waals surface area contributed by atoms with Crippen molar-refractivity contribution in [1.29, 1.82) is 0 Å². The van der Waals surface area contributed by atoms with E-state index in [-0.39, 0.29) is 17.7 Å². The Morgan fingerprint density at radius 3 is 2.94 bits per heavy atom. The minimum absolute atomic E-state index is 0.0399. The molecule has 1 aromatic heterocycles. The van der Waals surface area contributed by atoms with Gasteiger partial charge in [-0.15, -0.1) is 0 Å². The Hall–Kier alpha value is -1.54. The van der Waals surface area contributed by atoms with Crippen molar-refractivity contribution in [2.45, 2.75) is 6.42 Å². The number of nitrogens with two attached hydrogens (primary N) is 2. The fraction of sp³-hybridized carbons (Fsp3) is 0.500. The SMILES string of the molecule is COCCCSCC(=O)Nc1cc(N)nc(N)n1. The van der Waals surface area contributed by atoms with Gasteiger partial charge in [-0.05, 0) is 12.2 Å². The molecule has 100 valence electrons. The van der Waals surface area contributed by atoms with Crippen molar-refractivity contribution in [3.63, 3.8) is 0 Å². The maximum absolute atomic E-state index is 11.6. The Labute approximate surface area is 110 Å². The molecular weight excluding hydrogens is 254 g/mol. The largest absolute Gasteiger partial charge is 0.385 e. The molecule has 1 rings (SSSR count). The van der Waals surface area contributed by atoms with Crippen LogP contribution in [0.1, 0.15) is 6.42 Å². The molecular formula is C10H17N5O2S. The Morgan fingerprint density at radius 1 is 1.50 bits per heavy atom. The molecule has 0 aliphatic rings. The fourth-order valence-corrected chi connectivity index (χ4v) is 1.92. The van der Waals surface area contributed by atoms with E-state index in [0.29, 0.717) is 18.2 Å². The summed E-state index contributed by atoms with van der Waals surface area (Å²) in [5.41, 5.74) is 10.9. The van der Waals surface area contributed by atoms with E-state index < -0.39 is 0 Å². The molecule has 0 aliphatic carbocycles. The van der Waals surface area contributed by atoms with Gasteiger partial charge >= 0.3 is 0 Å². The van der Waals surface area contributed by atoms with Crippen molar-refractivity contribution in [1.82, 2.24) is 9.97 Å². The highest BCUT2D eigenvalue weighted by Crippen LogP contribution is 2.10. The standard InChI is InChI=1S/C10H17N5O2S/c1-17-3-2-4-18-6-9(16)14-8-5-7(11)13-10(12)15-8/h5H,2-4,6H2,1H3,(H5,11,12,13,14,15,16). The lowest BCUT2D eigenvalue weighted by atomic mass is 10.5. The molecule has 0 saturated carbocycles. The summed E-state index contributed by atoms with van der Waals surface area (Å²) in [7, 11) is 1.65. The topological polar surface area (TPSA) is 116 Å². The van der Waals surface area contributed by atoms with Gasteiger partial charge in [0.15, 0.2) is 0 Å². The van der Waals surface area contributed by atoms with Crippen molar-refractivity contribution in [2.24, 2.45) is 0 Å². The number of amides is 1. The maximum Gasteiger partial charge on any atom is 0.235 e. The molecule has 0 bridgehead atoms. The summed E-state index contributed by atoms with van der Waals surface area (Å²) in [5.74, 6) is 1.67. The first-order valence-corrected chi connectivity index (χ1v) is 6.54. The van der Waals surface area contributed by atoms with Crippen molar-refractivity contribution in [3.05, 3.63) is 6.07 Å². The summed E-state index contributed by atoms with van der Waals surface area (Å²) < 4.78 is 4.91. The first-order valence-electron chi connectivity index (χ1n) is 5.38. The van der Waals surface area contributed by atoms with Crippen LogP contribution < -0.4 is 16.8 Å². The van der Waals surface area contributed by atoms with Gasteiger partial charge in [-0.1, -0.05) is 0 Å². The Bertz CT molecular complexity index is 382. The third-order valence-corrected chi connectivity index (χ3v) is 2.94. The number of hydrogen-bond donors (Lipinski definition) is 3. The fourth-order valence-electron chi connectivity index (χ4n) is 1.20. The number of carbonyl (C=O) groups is 1. The molecule has 0 fully saturated rings. The molecule has 0 aromatic carbocycles. The lowest BCUT2D eigenvalue weighted by Gasteiger charge is -2.05. The van der Waals surface area contributed by atoms with Gasteiger partial charge in [0.2, 0.25) is 11.9 Å². The number of thioether (sulfide) groups is 1. The lowest BCUT2D eigenvalue weighted by molar-refractivity contribution is -0.113. The van der Waals surface area contributed by atoms with Crippen molar-refractivity contribution >= 4 is 35.3 Å². The minimum Gasteiger partial charge on any atom is -0.385 e. The van der Waals surface area contributed by atoms with Gasteiger partial charge in [0.1, 0.15) is 11.6 Å². The van der Waals surface area contributed by atoms with E-state index in [4.69, 9.17) is 16.2 Å². The molecule has 0 saturated heterocycles. The van der Waals surface area contributed by atoms with Crippen LogP contribution in [0.25, 0.3) is 0 Å². The molecule has 0 atom stereocenters. The number of nitrogen functional groups attached to an aromatic ring is 2. The van der Waals surface area contributed by atoms with Gasteiger partial charge in [0.25, 0.3) is 0 Å². The summed E-state index contributed by atoms with van der Waals surface area (Å²) in [5, 5.41) is 2.61. The predicted octanol–water partition coefficient (Wildman–Crippen LogP) is 0.349. The van der Waals surface area contributed by atoms with Gasteiger partial charge < -0.3 is 21.5 Å². The van der Waals surface area contributed by atoms with E-state index >= 15 is 0 Å². The summed E-state index contributed by atoms with van der Waals surface area (Å²) in [4.78, 5) is 19.1. The average molecular weight is 271 g/mol. The Morgan fingerprint density at radius 2 is 2.28 bits per heavy atom. The molecule has 18 heavy (non-hydrogen) atoms. The summed E-state index contributed by atoms with van der Waals surface area (Å²) >= 11 is 1.53. The van der Waals surface area contributed by atoms with E-state index in [1.165, 1.54) is 17.8 Å². The van der Waals surface area contributed by atoms with Gasteiger partial charge in [0, 0.05) is 19.8 Å². The first-order chi connectivity index (χ1) is 8.61. The molecule has 0 radical (unpaired) electrons. The molecule has 8 heteroatoms. The highest BCUT2D eigenvalue weighted by atomic mass is 32.2. The molecule has 0 aliphatic heterocycles. The average Bonchev–Trinajstić information content (AvgIpc) is 2.27. The maximum atomic E-state index is 11.6. The third-order valence-electron chi connectivity index (χ3n) is 1.90. The first kappa shape index (κ1) is 14.5. The molecule has 1 heterocycles. The number of anilines is 3. The molecule has 0 unspecified atom stereocenters. The van der Waals surface area contributed by atoms with E-state index in [0.717, 1.165) is 12.2 Å². The van der Waals surface area contributed by atoms with Gasteiger partial charge in [-0.2, -0.15) is 21.7 Å². The second kappa shape index (κ2) is 7.72. The smallest absolute Gasteiger partial charge is 0.235 e. The molecule has 1 aromatic rings. The van der Waals surface area contributed by atoms with Gasteiger partial charge in [-0.3, -0.25) is 4.79 Å². The number of rotatable bonds is 7. The van der Waals surface area contributed by atoms with Crippen LogP contribution in [0.4, 0.5) is 17.6 Å². The molecule has 1 amide bonds. The third kappa shape index (κ3) is 5.69. The Balaban J connectivity index is 2.31. The number of nitrogens with one attached hydrogen (secondary N) is 1. The van der Waals surface area contributed by atoms with E-state index in [1.807, 2.05) is 0 Å². The molecule has 0 spiro atoms. The zero-order chi connectivity index (χ0) is 13.4. The van der Waals surface area contributed by atoms with Crippen LogP contribution in [0.15, 0.2) is 6.07 Å². The second-order valence-electron chi connectivity index (χ2n) is 3.48. The van der Waals surface area contributed by atoms with Crippen molar-refractivity contribution in [3.8, 4) is 0 Å². The Kier molecular flexibility index (Phi) is 6.23. The lowest BCUT2D eigenvalue weighted by Crippen LogP contribution is -2.16.